The van der Waals surface area contributed by atoms with Gasteiger partial charge >= 0.3 is 6.09 Å². The summed E-state index contributed by atoms with van der Waals surface area (Å²) >= 11 is 6.05. The number of aromatic nitrogens is 4. The van der Waals surface area contributed by atoms with Crippen molar-refractivity contribution >= 4 is 23.4 Å². The average Bonchev–Trinajstić information content (AvgIpc) is 3.09. The van der Waals surface area contributed by atoms with Gasteiger partial charge in [0.25, 0.3) is 0 Å². The summed E-state index contributed by atoms with van der Waals surface area (Å²) in [5.74, 6) is 0. The van der Waals surface area contributed by atoms with E-state index in [9.17, 15) is 9.90 Å². The molecule has 164 valence electrons. The number of carbonyl (C=O) groups excluding carboxylic acids is 1. The first-order valence-electron chi connectivity index (χ1n) is 10.0. The summed E-state index contributed by atoms with van der Waals surface area (Å²) in [7, 11) is 0. The second-order valence-corrected chi connectivity index (χ2v) is 9.17. The lowest BCUT2D eigenvalue weighted by atomic mass is 10.0. The molecule has 0 radical (unpaired) electrons. The first-order valence-corrected chi connectivity index (χ1v) is 10.4. The highest BCUT2D eigenvalue weighted by Crippen LogP contribution is 2.30. The van der Waals surface area contributed by atoms with Crippen molar-refractivity contribution in [3.63, 3.8) is 0 Å². The molecule has 1 saturated heterocycles. The monoisotopic (exact) mass is 436 g/mol. The van der Waals surface area contributed by atoms with Crippen molar-refractivity contribution in [3.05, 3.63) is 23.6 Å². The molecule has 0 saturated carbocycles. The fraction of sp³-hybridized carbons (Fsp3) is 0.600. The van der Waals surface area contributed by atoms with Crippen LogP contribution < -0.4 is 5.32 Å². The van der Waals surface area contributed by atoms with E-state index in [0.29, 0.717) is 23.8 Å². The molecule has 2 aromatic heterocycles. The number of anilines is 1. The molecule has 10 heteroatoms. The topological polar surface area (TPSA) is 105 Å². The van der Waals surface area contributed by atoms with Gasteiger partial charge in [0.05, 0.1) is 24.9 Å². The molecular weight excluding hydrogens is 408 g/mol. The summed E-state index contributed by atoms with van der Waals surface area (Å²) in [6, 6.07) is 1.67. The van der Waals surface area contributed by atoms with Gasteiger partial charge in [0.2, 0.25) is 0 Å². The van der Waals surface area contributed by atoms with Gasteiger partial charge in [-0.3, -0.25) is 0 Å². The van der Waals surface area contributed by atoms with Crippen molar-refractivity contribution in [2.24, 2.45) is 0 Å². The van der Waals surface area contributed by atoms with E-state index in [1.165, 1.54) is 4.90 Å². The van der Waals surface area contributed by atoms with Gasteiger partial charge in [0.1, 0.15) is 16.4 Å². The highest BCUT2D eigenvalue weighted by Gasteiger charge is 2.34. The van der Waals surface area contributed by atoms with Crippen LogP contribution in [0.2, 0.25) is 5.15 Å². The van der Waals surface area contributed by atoms with Crippen LogP contribution in [-0.2, 0) is 4.74 Å². The first kappa shape index (κ1) is 22.3. The molecule has 1 fully saturated rings. The molecule has 0 unspecified atom stereocenters. The minimum Gasteiger partial charge on any atom is -0.444 e. The number of β-amino-alcohol motifs (C(OH)–C–C–N with tert-alkyl or cyclic N) is 1. The van der Waals surface area contributed by atoms with E-state index >= 15 is 0 Å². The number of nitrogens with zero attached hydrogens (tertiary/aromatic N) is 5. The molecule has 1 amide bonds. The zero-order chi connectivity index (χ0) is 22.1. The molecule has 0 aliphatic carbocycles. The number of hydrogen-bond acceptors (Lipinski definition) is 7. The van der Waals surface area contributed by atoms with E-state index in [-0.39, 0.29) is 18.6 Å². The Bertz CT molecular complexity index is 895. The van der Waals surface area contributed by atoms with Crippen LogP contribution in [0, 0.1) is 0 Å². The highest BCUT2D eigenvalue weighted by atomic mass is 35.5. The lowest BCUT2D eigenvalue weighted by Gasteiger charge is -2.36. The maximum Gasteiger partial charge on any atom is 0.410 e. The molecule has 3 rings (SSSR count). The predicted molar refractivity (Wildman–Crippen MR) is 114 cm³/mol. The molecular formula is C20H29ClN6O3. The Balaban J connectivity index is 1.74. The number of carbonyl (C=O) groups is 1. The molecule has 30 heavy (non-hydrogen) atoms. The number of rotatable bonds is 4. The van der Waals surface area contributed by atoms with Crippen molar-refractivity contribution in [1.82, 2.24) is 24.9 Å². The number of likely N-dealkylation sites (tertiary alicyclic amines) is 1. The normalized spacial score (nSPS) is 19.8. The Morgan fingerprint density at radius 1 is 1.40 bits per heavy atom. The standard InChI is InChI=1S/C20H29ClN6O3/c1-12(2)23-14-8-18(21)22-9-13(14)15-10-27(25-24-15)16-6-7-26(11-17(16)28)19(29)30-20(3,4)5/h8-10,12,16-17,28H,6-7,11H2,1-5H3,(H,22,23)/t16-,17-/m0/s1. The molecule has 0 aromatic carbocycles. The van der Waals surface area contributed by atoms with Crippen LogP contribution in [0.4, 0.5) is 10.5 Å². The summed E-state index contributed by atoms with van der Waals surface area (Å²) in [6.45, 7) is 10.2. The number of piperidine rings is 1. The molecule has 9 nitrogen and oxygen atoms in total. The highest BCUT2D eigenvalue weighted by molar-refractivity contribution is 6.29. The van der Waals surface area contributed by atoms with Gasteiger partial charge in [-0.2, -0.15) is 0 Å². The number of aliphatic hydroxyl groups excluding tert-OH is 1. The van der Waals surface area contributed by atoms with E-state index in [0.717, 1.165) is 11.3 Å². The van der Waals surface area contributed by atoms with Gasteiger partial charge in [-0.25, -0.2) is 14.5 Å². The van der Waals surface area contributed by atoms with Gasteiger partial charge < -0.3 is 20.1 Å². The molecule has 2 aromatic rings. The van der Waals surface area contributed by atoms with Crippen LogP contribution in [0.25, 0.3) is 11.3 Å². The molecule has 3 heterocycles. The maximum atomic E-state index is 12.3. The second-order valence-electron chi connectivity index (χ2n) is 8.79. The molecule has 2 atom stereocenters. The Kier molecular flexibility index (Phi) is 6.52. The summed E-state index contributed by atoms with van der Waals surface area (Å²) in [5.41, 5.74) is 1.65. The number of halogens is 1. The number of nitrogens with one attached hydrogen (secondary N) is 1. The third-order valence-electron chi connectivity index (χ3n) is 4.64. The number of aliphatic hydroxyl groups is 1. The van der Waals surface area contributed by atoms with Crippen molar-refractivity contribution in [2.45, 2.75) is 64.8 Å². The molecule has 1 aliphatic heterocycles. The Morgan fingerprint density at radius 3 is 2.77 bits per heavy atom. The van der Waals surface area contributed by atoms with E-state index in [1.54, 1.807) is 23.1 Å². The van der Waals surface area contributed by atoms with E-state index < -0.39 is 17.8 Å². The maximum absolute atomic E-state index is 12.3. The van der Waals surface area contributed by atoms with Crippen molar-refractivity contribution in [1.29, 1.82) is 0 Å². The van der Waals surface area contributed by atoms with Crippen LogP contribution in [0.5, 0.6) is 0 Å². The Hall–Kier alpha value is -2.39. The van der Waals surface area contributed by atoms with Gasteiger partial charge in [0.15, 0.2) is 0 Å². The van der Waals surface area contributed by atoms with E-state index in [1.807, 2.05) is 34.6 Å². The quantitative estimate of drug-likeness (QED) is 0.708. The lowest BCUT2D eigenvalue weighted by Crippen LogP contribution is -2.48. The van der Waals surface area contributed by atoms with Crippen LogP contribution in [0.3, 0.4) is 0 Å². The fourth-order valence-corrected chi connectivity index (χ4v) is 3.50. The smallest absolute Gasteiger partial charge is 0.410 e. The second kappa shape index (κ2) is 8.77. The van der Waals surface area contributed by atoms with E-state index in [4.69, 9.17) is 16.3 Å². The van der Waals surface area contributed by atoms with E-state index in [2.05, 4.69) is 20.6 Å². The van der Waals surface area contributed by atoms with Gasteiger partial charge in [0, 0.05) is 30.0 Å². The van der Waals surface area contributed by atoms with Crippen molar-refractivity contribution in [2.75, 3.05) is 18.4 Å². The molecule has 2 N–H and O–H groups in total. The van der Waals surface area contributed by atoms with Crippen LogP contribution in [0.15, 0.2) is 18.5 Å². The summed E-state index contributed by atoms with van der Waals surface area (Å²) < 4.78 is 7.05. The Morgan fingerprint density at radius 2 is 2.13 bits per heavy atom. The fourth-order valence-electron chi connectivity index (χ4n) is 3.35. The zero-order valence-corrected chi connectivity index (χ0v) is 18.7. The minimum atomic E-state index is -0.780. The molecule has 0 spiro atoms. The summed E-state index contributed by atoms with van der Waals surface area (Å²) in [6.07, 6.45) is 2.78. The van der Waals surface area contributed by atoms with Crippen LogP contribution >= 0.6 is 11.6 Å². The van der Waals surface area contributed by atoms with Crippen molar-refractivity contribution < 1.29 is 14.6 Å². The number of ether oxygens (including phenoxy) is 1. The Labute approximate surface area is 181 Å². The first-order chi connectivity index (χ1) is 14.0. The van der Waals surface area contributed by atoms with Gasteiger partial charge in [-0.05, 0) is 47.1 Å². The van der Waals surface area contributed by atoms with Crippen LogP contribution in [0.1, 0.15) is 47.1 Å². The zero-order valence-electron chi connectivity index (χ0n) is 18.0. The SMILES string of the molecule is CC(C)Nc1cc(Cl)ncc1-c1cn([C@H]2CCN(C(=O)OC(C)(C)C)C[C@@H]2O)nn1. The average molecular weight is 437 g/mol. The van der Waals surface area contributed by atoms with Gasteiger partial charge in [-0.15, -0.1) is 5.10 Å². The number of amides is 1. The predicted octanol–water partition coefficient (Wildman–Crippen LogP) is 3.36. The lowest BCUT2D eigenvalue weighted by molar-refractivity contribution is -0.0120. The number of pyridine rings is 1. The number of hydrogen-bond donors (Lipinski definition) is 2. The largest absolute Gasteiger partial charge is 0.444 e. The summed E-state index contributed by atoms with van der Waals surface area (Å²) in [5, 5.41) is 22.9. The third-order valence-corrected chi connectivity index (χ3v) is 4.85. The summed E-state index contributed by atoms with van der Waals surface area (Å²) in [4.78, 5) is 18.0. The van der Waals surface area contributed by atoms with Gasteiger partial charge in [-0.1, -0.05) is 16.8 Å². The third kappa shape index (κ3) is 5.40. The van der Waals surface area contributed by atoms with Crippen LogP contribution in [-0.4, -0.2) is 66.9 Å². The molecule has 0 bridgehead atoms. The minimum absolute atomic E-state index is 0.178. The van der Waals surface area contributed by atoms with Crippen molar-refractivity contribution in [3.8, 4) is 11.3 Å². The molecule has 1 aliphatic rings.